The van der Waals surface area contributed by atoms with Crippen molar-refractivity contribution >= 4 is 0 Å². The van der Waals surface area contributed by atoms with Gasteiger partial charge in [0.25, 0.3) is 5.56 Å². The summed E-state index contributed by atoms with van der Waals surface area (Å²) in [6.07, 6.45) is 5.85. The highest BCUT2D eigenvalue weighted by molar-refractivity contribution is 4.93. The van der Waals surface area contributed by atoms with Crippen molar-refractivity contribution in [3.63, 3.8) is 0 Å². The Morgan fingerprint density at radius 2 is 1.87 bits per heavy atom. The number of nitrogens with zero attached hydrogens (tertiary/aromatic N) is 2. The van der Waals surface area contributed by atoms with Gasteiger partial charge in [-0.25, -0.2) is 0 Å². The smallest absolute Gasteiger partial charge is 0.250 e. The van der Waals surface area contributed by atoms with Gasteiger partial charge in [0.05, 0.1) is 0 Å². The largest absolute Gasteiger partial charge is 0.314 e. The van der Waals surface area contributed by atoms with Crippen LogP contribution in [0.2, 0.25) is 0 Å². The van der Waals surface area contributed by atoms with Crippen LogP contribution < -0.4 is 5.56 Å². The molecule has 3 nitrogen and oxygen atoms in total. The molecule has 0 spiro atoms. The van der Waals surface area contributed by atoms with Crippen molar-refractivity contribution in [1.82, 2.24) is 9.47 Å². The van der Waals surface area contributed by atoms with Crippen molar-refractivity contribution in [2.45, 2.75) is 25.8 Å². The number of aromatic nitrogens is 1. The fourth-order valence-corrected chi connectivity index (χ4v) is 2.08. The summed E-state index contributed by atoms with van der Waals surface area (Å²) in [6, 6.07) is 5.33. The summed E-state index contributed by atoms with van der Waals surface area (Å²) in [5, 5.41) is 0. The van der Waals surface area contributed by atoms with E-state index < -0.39 is 0 Å². The third kappa shape index (κ3) is 2.93. The Hall–Kier alpha value is -1.09. The SMILES string of the molecule is O=c1ccccn1CCN1CCCCC1. The zero-order valence-corrected chi connectivity index (χ0v) is 9.06. The van der Waals surface area contributed by atoms with E-state index >= 15 is 0 Å². The number of piperidine rings is 1. The number of pyridine rings is 1. The standard InChI is InChI=1S/C12H18N2O/c15-12-6-2-5-9-14(12)11-10-13-7-3-1-4-8-13/h2,5-6,9H,1,3-4,7-8,10-11H2. The second kappa shape index (κ2) is 5.12. The van der Waals surface area contributed by atoms with Crippen LogP contribution in [-0.2, 0) is 6.54 Å². The highest BCUT2D eigenvalue weighted by atomic mass is 16.1. The van der Waals surface area contributed by atoms with Crippen LogP contribution >= 0.6 is 0 Å². The van der Waals surface area contributed by atoms with Gasteiger partial charge in [-0.3, -0.25) is 4.79 Å². The Morgan fingerprint density at radius 3 is 2.60 bits per heavy atom. The maximum Gasteiger partial charge on any atom is 0.250 e. The zero-order chi connectivity index (χ0) is 10.5. The van der Waals surface area contributed by atoms with Crippen LogP contribution in [0.5, 0.6) is 0 Å². The molecule has 1 aromatic rings. The maximum atomic E-state index is 11.4. The molecule has 1 aromatic heterocycles. The van der Waals surface area contributed by atoms with Gasteiger partial charge in [-0.15, -0.1) is 0 Å². The first kappa shape index (κ1) is 10.4. The van der Waals surface area contributed by atoms with Gasteiger partial charge in [0, 0.05) is 25.4 Å². The molecule has 82 valence electrons. The van der Waals surface area contributed by atoms with Crippen LogP contribution in [0.1, 0.15) is 19.3 Å². The van der Waals surface area contributed by atoms with Crippen LogP contribution in [0.4, 0.5) is 0 Å². The molecular formula is C12H18N2O. The number of hydrogen-bond donors (Lipinski definition) is 0. The molecule has 0 amide bonds. The summed E-state index contributed by atoms with van der Waals surface area (Å²) in [7, 11) is 0. The third-order valence-electron chi connectivity index (χ3n) is 3.00. The topological polar surface area (TPSA) is 25.2 Å². The summed E-state index contributed by atoms with van der Waals surface area (Å²) in [6.45, 7) is 4.22. The molecule has 1 aliphatic heterocycles. The van der Waals surface area contributed by atoms with Crippen LogP contribution in [0.25, 0.3) is 0 Å². The molecule has 2 heterocycles. The first-order valence-electron chi connectivity index (χ1n) is 5.74. The average molecular weight is 206 g/mol. The van der Waals surface area contributed by atoms with Crippen LogP contribution in [0.3, 0.4) is 0 Å². The van der Waals surface area contributed by atoms with Gasteiger partial charge < -0.3 is 9.47 Å². The van der Waals surface area contributed by atoms with Crippen molar-refractivity contribution in [2.75, 3.05) is 19.6 Å². The number of hydrogen-bond acceptors (Lipinski definition) is 2. The van der Waals surface area contributed by atoms with Crippen molar-refractivity contribution in [3.05, 3.63) is 34.7 Å². The minimum absolute atomic E-state index is 0.106. The van der Waals surface area contributed by atoms with E-state index in [1.54, 1.807) is 16.7 Å². The molecule has 0 aromatic carbocycles. The van der Waals surface area contributed by atoms with E-state index in [2.05, 4.69) is 4.90 Å². The van der Waals surface area contributed by atoms with Crippen molar-refractivity contribution < 1.29 is 0 Å². The van der Waals surface area contributed by atoms with Crippen LogP contribution in [0, 0.1) is 0 Å². The lowest BCUT2D eigenvalue weighted by Crippen LogP contribution is -2.34. The lowest BCUT2D eigenvalue weighted by molar-refractivity contribution is 0.220. The summed E-state index contributed by atoms with van der Waals surface area (Å²) < 4.78 is 1.79. The lowest BCUT2D eigenvalue weighted by atomic mass is 10.1. The predicted molar refractivity (Wildman–Crippen MR) is 61.0 cm³/mol. The molecular weight excluding hydrogens is 188 g/mol. The Bertz CT molecular complexity index is 353. The third-order valence-corrected chi connectivity index (χ3v) is 3.00. The van der Waals surface area contributed by atoms with Crippen molar-refractivity contribution in [1.29, 1.82) is 0 Å². The summed E-state index contributed by atoms with van der Waals surface area (Å²) in [5.74, 6) is 0. The van der Waals surface area contributed by atoms with Gasteiger partial charge in [0.15, 0.2) is 0 Å². The summed E-state index contributed by atoms with van der Waals surface area (Å²) >= 11 is 0. The highest BCUT2D eigenvalue weighted by Gasteiger charge is 2.09. The Kier molecular flexibility index (Phi) is 3.56. The fourth-order valence-electron chi connectivity index (χ4n) is 2.08. The zero-order valence-electron chi connectivity index (χ0n) is 9.06. The Morgan fingerprint density at radius 1 is 1.07 bits per heavy atom. The molecule has 0 radical (unpaired) electrons. The molecule has 1 fully saturated rings. The minimum atomic E-state index is 0.106. The van der Waals surface area contributed by atoms with E-state index in [4.69, 9.17) is 0 Å². The monoisotopic (exact) mass is 206 g/mol. The van der Waals surface area contributed by atoms with Gasteiger partial charge in [0.2, 0.25) is 0 Å². The Labute approximate surface area is 90.3 Å². The normalized spacial score (nSPS) is 17.9. The van der Waals surface area contributed by atoms with Crippen LogP contribution in [-0.4, -0.2) is 29.1 Å². The van der Waals surface area contributed by atoms with E-state index in [1.165, 1.54) is 32.4 Å². The van der Waals surface area contributed by atoms with Crippen molar-refractivity contribution in [3.8, 4) is 0 Å². The van der Waals surface area contributed by atoms with E-state index in [0.717, 1.165) is 13.1 Å². The predicted octanol–water partition coefficient (Wildman–Crippen LogP) is 1.33. The molecule has 0 bridgehead atoms. The quantitative estimate of drug-likeness (QED) is 0.745. The van der Waals surface area contributed by atoms with E-state index in [-0.39, 0.29) is 5.56 Å². The summed E-state index contributed by atoms with van der Waals surface area (Å²) in [4.78, 5) is 13.9. The van der Waals surface area contributed by atoms with Gasteiger partial charge >= 0.3 is 0 Å². The molecule has 1 saturated heterocycles. The molecule has 0 atom stereocenters. The van der Waals surface area contributed by atoms with Crippen LogP contribution in [0.15, 0.2) is 29.2 Å². The second-order valence-electron chi connectivity index (χ2n) is 4.13. The first-order valence-corrected chi connectivity index (χ1v) is 5.74. The highest BCUT2D eigenvalue weighted by Crippen LogP contribution is 2.07. The molecule has 0 unspecified atom stereocenters. The maximum absolute atomic E-state index is 11.4. The molecule has 1 aliphatic rings. The molecule has 3 heteroatoms. The molecule has 15 heavy (non-hydrogen) atoms. The summed E-state index contributed by atoms with van der Waals surface area (Å²) in [5.41, 5.74) is 0.106. The van der Waals surface area contributed by atoms with Gasteiger partial charge in [0.1, 0.15) is 0 Å². The second-order valence-corrected chi connectivity index (χ2v) is 4.13. The molecule has 2 rings (SSSR count). The Balaban J connectivity index is 1.87. The van der Waals surface area contributed by atoms with Crippen molar-refractivity contribution in [2.24, 2.45) is 0 Å². The lowest BCUT2D eigenvalue weighted by Gasteiger charge is -2.26. The van der Waals surface area contributed by atoms with E-state index in [9.17, 15) is 4.79 Å². The van der Waals surface area contributed by atoms with Gasteiger partial charge in [-0.2, -0.15) is 0 Å². The fraction of sp³-hybridized carbons (Fsp3) is 0.583. The van der Waals surface area contributed by atoms with E-state index in [0.29, 0.717) is 0 Å². The van der Waals surface area contributed by atoms with Gasteiger partial charge in [-0.1, -0.05) is 12.5 Å². The molecule has 0 saturated carbocycles. The molecule has 0 N–H and O–H groups in total. The number of likely N-dealkylation sites (tertiary alicyclic amines) is 1. The first-order chi connectivity index (χ1) is 7.36. The van der Waals surface area contributed by atoms with Gasteiger partial charge in [-0.05, 0) is 32.0 Å². The number of rotatable bonds is 3. The van der Waals surface area contributed by atoms with E-state index in [1.807, 2.05) is 12.3 Å². The minimum Gasteiger partial charge on any atom is -0.314 e. The average Bonchev–Trinajstić information content (AvgIpc) is 2.29. The molecule has 0 aliphatic carbocycles.